The number of benzene rings is 1. The molecule has 3 rings (SSSR count). The van der Waals surface area contributed by atoms with Gasteiger partial charge in [0.25, 0.3) is 0 Å². The Morgan fingerprint density at radius 1 is 1.26 bits per heavy atom. The maximum atomic E-state index is 13.2. The van der Waals surface area contributed by atoms with Crippen LogP contribution in [0.2, 0.25) is 0 Å². The van der Waals surface area contributed by atoms with Crippen LogP contribution in [0.3, 0.4) is 0 Å². The molecule has 19 heavy (non-hydrogen) atoms. The number of halogens is 3. The lowest BCUT2D eigenvalue weighted by molar-refractivity contribution is -0.160. The molecule has 2 nitrogen and oxygen atoms in total. The Hall–Kier alpha value is -1.65. The highest BCUT2D eigenvalue weighted by Gasteiger charge is 2.65. The second kappa shape index (κ2) is 3.68. The van der Waals surface area contributed by atoms with E-state index in [1.165, 1.54) is 19.2 Å². The molecule has 0 unspecified atom stereocenters. The summed E-state index contributed by atoms with van der Waals surface area (Å²) in [6.45, 7) is 0. The summed E-state index contributed by atoms with van der Waals surface area (Å²) in [5, 5.41) is 9.84. The zero-order chi connectivity index (χ0) is 13.8. The molecular weight excluding hydrogens is 257 g/mol. The summed E-state index contributed by atoms with van der Waals surface area (Å²) in [5.74, 6) is 0.0830. The molecule has 1 fully saturated rings. The predicted molar refractivity (Wildman–Crippen MR) is 64.2 cm³/mol. The Bertz CT molecular complexity index is 569. The van der Waals surface area contributed by atoms with Crippen molar-refractivity contribution in [1.82, 2.24) is 0 Å². The molecule has 102 valence electrons. The van der Waals surface area contributed by atoms with Crippen LogP contribution in [0, 0.1) is 0 Å². The summed E-state index contributed by atoms with van der Waals surface area (Å²) < 4.78 is 44.7. The Labute approximate surface area is 108 Å². The molecular formula is C14H13F3O2. The lowest BCUT2D eigenvalue weighted by Gasteiger charge is -2.23. The first-order valence-corrected chi connectivity index (χ1v) is 6.07. The zero-order valence-electron chi connectivity index (χ0n) is 10.3. The lowest BCUT2D eigenvalue weighted by atomic mass is 9.91. The number of methoxy groups -OCH3 is 1. The number of phenols is 1. The van der Waals surface area contributed by atoms with Crippen molar-refractivity contribution in [1.29, 1.82) is 0 Å². The maximum absolute atomic E-state index is 13.2. The number of alkyl halides is 3. The van der Waals surface area contributed by atoms with Crippen molar-refractivity contribution in [3.05, 3.63) is 29.3 Å². The molecule has 0 aliphatic heterocycles. The summed E-state index contributed by atoms with van der Waals surface area (Å²) in [7, 11) is 1.32. The molecule has 1 N–H and O–H groups in total. The van der Waals surface area contributed by atoms with E-state index in [1.54, 1.807) is 0 Å². The molecule has 1 aromatic rings. The van der Waals surface area contributed by atoms with Crippen LogP contribution in [0.1, 0.15) is 30.4 Å². The average molecular weight is 270 g/mol. The topological polar surface area (TPSA) is 29.5 Å². The van der Waals surface area contributed by atoms with Gasteiger partial charge >= 0.3 is 6.18 Å². The van der Waals surface area contributed by atoms with Gasteiger partial charge in [-0.25, -0.2) is 0 Å². The molecule has 0 amide bonds. The van der Waals surface area contributed by atoms with Crippen LogP contribution >= 0.6 is 0 Å². The summed E-state index contributed by atoms with van der Waals surface area (Å²) >= 11 is 0. The summed E-state index contributed by atoms with van der Waals surface area (Å²) in [5.41, 5.74) is -0.273. The molecule has 5 heteroatoms. The van der Waals surface area contributed by atoms with E-state index in [0.717, 1.165) is 12.0 Å². The van der Waals surface area contributed by atoms with Gasteiger partial charge in [0.15, 0.2) is 0 Å². The lowest BCUT2D eigenvalue weighted by Crippen LogP contribution is -2.29. The molecule has 2 aliphatic rings. The number of rotatable bonds is 3. The molecule has 2 aliphatic carbocycles. The second-order valence-corrected chi connectivity index (χ2v) is 5.08. The van der Waals surface area contributed by atoms with Gasteiger partial charge in [0.2, 0.25) is 0 Å². The Morgan fingerprint density at radius 3 is 2.32 bits per heavy atom. The number of hydrogen-bond acceptors (Lipinski definition) is 2. The fraction of sp³-hybridized carbons (Fsp3) is 0.429. The Balaban J connectivity index is 2.15. The van der Waals surface area contributed by atoms with Gasteiger partial charge in [-0.05, 0) is 30.9 Å². The van der Waals surface area contributed by atoms with Crippen molar-refractivity contribution in [3.8, 4) is 11.5 Å². The van der Waals surface area contributed by atoms with Gasteiger partial charge in [-0.2, -0.15) is 13.2 Å². The number of ether oxygens (including phenoxy) is 1. The predicted octanol–water partition coefficient (Wildman–Crippen LogP) is 3.78. The van der Waals surface area contributed by atoms with Crippen molar-refractivity contribution >= 4 is 5.57 Å². The van der Waals surface area contributed by atoms with Crippen LogP contribution in [0.15, 0.2) is 18.2 Å². The average Bonchev–Trinajstić information content (AvgIpc) is 3.19. The molecule has 1 aromatic carbocycles. The normalized spacial score (nSPS) is 19.9. The van der Waals surface area contributed by atoms with Crippen molar-refractivity contribution in [2.75, 3.05) is 7.11 Å². The number of aromatic hydroxyl groups is 1. The monoisotopic (exact) mass is 270 g/mol. The third-order valence-electron chi connectivity index (χ3n) is 3.88. The highest BCUT2D eigenvalue weighted by molar-refractivity contribution is 5.82. The van der Waals surface area contributed by atoms with Gasteiger partial charge in [0, 0.05) is 17.2 Å². The minimum atomic E-state index is -4.29. The molecule has 0 bridgehead atoms. The van der Waals surface area contributed by atoms with Crippen LogP contribution < -0.4 is 4.74 Å². The van der Waals surface area contributed by atoms with Crippen LogP contribution in [-0.4, -0.2) is 18.4 Å². The summed E-state index contributed by atoms with van der Waals surface area (Å²) in [6.07, 6.45) is -1.53. The van der Waals surface area contributed by atoms with Gasteiger partial charge in [-0.1, -0.05) is 6.08 Å². The molecule has 0 heterocycles. The summed E-state index contributed by atoms with van der Waals surface area (Å²) in [4.78, 5) is 0. The number of allylic oxidation sites excluding steroid dienone is 2. The third kappa shape index (κ3) is 1.79. The van der Waals surface area contributed by atoms with Crippen LogP contribution in [0.25, 0.3) is 5.57 Å². The van der Waals surface area contributed by atoms with E-state index in [2.05, 4.69) is 0 Å². The van der Waals surface area contributed by atoms with Gasteiger partial charge in [0.05, 0.1) is 12.5 Å². The van der Waals surface area contributed by atoms with Gasteiger partial charge < -0.3 is 9.84 Å². The van der Waals surface area contributed by atoms with E-state index in [0.29, 0.717) is 5.56 Å². The highest BCUT2D eigenvalue weighted by atomic mass is 19.4. The molecule has 0 aromatic heterocycles. The fourth-order valence-corrected chi connectivity index (χ4v) is 2.47. The van der Waals surface area contributed by atoms with E-state index in [9.17, 15) is 18.3 Å². The quantitative estimate of drug-likeness (QED) is 0.905. The maximum Gasteiger partial charge on any atom is 0.398 e. The standard InChI is InChI=1S/C14H13F3O2/c1-19-12-7-11(18)9(8-2-3-8)6-10(12)13(4-5-13)14(15,16)17/h2,6-7,18H,3-5H2,1H3. The molecule has 0 atom stereocenters. The molecule has 0 saturated heterocycles. The van der Waals surface area contributed by atoms with Crippen molar-refractivity contribution in [3.63, 3.8) is 0 Å². The highest BCUT2D eigenvalue weighted by Crippen LogP contribution is 2.61. The van der Waals surface area contributed by atoms with Gasteiger partial charge in [-0.15, -0.1) is 0 Å². The van der Waals surface area contributed by atoms with Crippen molar-refractivity contribution < 1.29 is 23.0 Å². The van der Waals surface area contributed by atoms with Crippen molar-refractivity contribution in [2.24, 2.45) is 0 Å². The fourth-order valence-electron chi connectivity index (χ4n) is 2.47. The SMILES string of the molecule is COc1cc(O)c(C2=CC2)cc1C1(C(F)(F)F)CC1. The van der Waals surface area contributed by atoms with E-state index in [1.807, 2.05) is 6.08 Å². The van der Waals surface area contributed by atoms with Crippen LogP contribution in [0.4, 0.5) is 13.2 Å². The molecule has 0 spiro atoms. The van der Waals surface area contributed by atoms with Crippen molar-refractivity contribution in [2.45, 2.75) is 30.9 Å². The Kier molecular flexibility index (Phi) is 2.40. The van der Waals surface area contributed by atoms with E-state index < -0.39 is 11.6 Å². The van der Waals surface area contributed by atoms with Gasteiger partial charge in [-0.3, -0.25) is 0 Å². The second-order valence-electron chi connectivity index (χ2n) is 5.08. The first-order valence-electron chi connectivity index (χ1n) is 6.07. The number of phenolic OH excluding ortho intramolecular Hbond substituents is 1. The first kappa shape index (κ1) is 12.4. The smallest absolute Gasteiger partial charge is 0.398 e. The largest absolute Gasteiger partial charge is 0.507 e. The van der Waals surface area contributed by atoms with Gasteiger partial charge in [0.1, 0.15) is 11.5 Å². The van der Waals surface area contributed by atoms with E-state index in [4.69, 9.17) is 4.74 Å². The number of hydrogen-bond donors (Lipinski definition) is 1. The summed E-state index contributed by atoms with van der Waals surface area (Å²) in [6, 6.07) is 2.73. The molecule has 1 saturated carbocycles. The van der Waals surface area contributed by atoms with Crippen LogP contribution in [-0.2, 0) is 5.41 Å². The Morgan fingerprint density at radius 2 is 1.89 bits per heavy atom. The van der Waals surface area contributed by atoms with E-state index >= 15 is 0 Å². The minimum Gasteiger partial charge on any atom is -0.507 e. The van der Waals surface area contributed by atoms with Crippen LogP contribution in [0.5, 0.6) is 11.5 Å². The van der Waals surface area contributed by atoms with E-state index in [-0.39, 0.29) is 29.9 Å². The zero-order valence-corrected chi connectivity index (χ0v) is 10.3. The third-order valence-corrected chi connectivity index (χ3v) is 3.88. The molecule has 0 radical (unpaired) electrons. The minimum absolute atomic E-state index is 0.0256. The first-order chi connectivity index (χ1) is 8.89.